The van der Waals surface area contributed by atoms with E-state index in [1.807, 2.05) is 0 Å². The second-order valence-corrected chi connectivity index (χ2v) is 11.0. The van der Waals surface area contributed by atoms with Crippen LogP contribution in [0.15, 0.2) is 11.9 Å². The van der Waals surface area contributed by atoms with Crippen LogP contribution in [0.5, 0.6) is 0 Å². The number of halogens is 3. The molecule has 5 fully saturated rings. The molecule has 0 unspecified atom stereocenters. The maximum atomic E-state index is 15.0. The zero-order chi connectivity index (χ0) is 27.6. The topological polar surface area (TPSA) is 131 Å². The van der Waals surface area contributed by atoms with Crippen molar-refractivity contribution in [2.45, 2.75) is 94.8 Å². The first kappa shape index (κ1) is 28.4. The molecule has 0 aromatic rings. The number of piperidine rings is 2. The number of carbonyl (C=O) groups excluding carboxylic acids is 4. The Morgan fingerprint density at radius 3 is 2.53 bits per heavy atom. The number of nitrogens with zero attached hydrogens (tertiary/aromatic N) is 1. The van der Waals surface area contributed by atoms with Gasteiger partial charge in [-0.25, -0.2) is 13.6 Å². The number of esters is 1. The van der Waals surface area contributed by atoms with Crippen LogP contribution in [0.1, 0.15) is 64.7 Å². The van der Waals surface area contributed by atoms with Gasteiger partial charge in [-0.3, -0.25) is 14.4 Å². The zero-order valence-corrected chi connectivity index (χ0v) is 21.6. The first-order chi connectivity index (χ1) is 18.0. The van der Waals surface area contributed by atoms with Crippen LogP contribution in [0.3, 0.4) is 0 Å². The fraction of sp³-hybridized carbons (Fsp3) is 0.769. The molecule has 9 nitrogen and oxygen atoms in total. The fourth-order valence-corrected chi connectivity index (χ4v) is 6.26. The molecule has 3 aliphatic heterocycles. The molecule has 3 heterocycles. The Morgan fingerprint density at radius 2 is 1.95 bits per heavy atom. The number of fused-ring (bicyclic) bond motifs is 3. The van der Waals surface area contributed by atoms with Crippen molar-refractivity contribution in [3.8, 4) is 0 Å². The minimum Gasteiger partial charge on any atom is -0.461 e. The van der Waals surface area contributed by atoms with Crippen LogP contribution in [0, 0.1) is 17.8 Å². The first-order valence-corrected chi connectivity index (χ1v) is 13.6. The summed E-state index contributed by atoms with van der Waals surface area (Å²) >= 11 is 0. The smallest absolute Gasteiger partial charge is 0.366 e. The van der Waals surface area contributed by atoms with E-state index in [-0.39, 0.29) is 25.4 Å². The summed E-state index contributed by atoms with van der Waals surface area (Å²) in [5.74, 6) is -9.01. The number of nitrogens with one attached hydrogen (secondary N) is 2. The van der Waals surface area contributed by atoms with Gasteiger partial charge in [-0.1, -0.05) is 19.3 Å². The average Bonchev–Trinajstić information content (AvgIpc) is 3.23. The molecule has 4 N–H and O–H groups in total. The van der Waals surface area contributed by atoms with Crippen LogP contribution in [0.2, 0.25) is 0 Å². The van der Waals surface area contributed by atoms with Gasteiger partial charge in [0.15, 0.2) is 0 Å². The molecule has 0 aromatic heterocycles. The fourth-order valence-electron chi connectivity index (χ4n) is 6.26. The Kier molecular flexibility index (Phi) is 8.68. The van der Waals surface area contributed by atoms with Crippen molar-refractivity contribution in [2.75, 3.05) is 13.2 Å². The van der Waals surface area contributed by atoms with E-state index in [2.05, 4.69) is 15.4 Å². The summed E-state index contributed by atoms with van der Waals surface area (Å²) in [4.78, 5) is 52.3. The molecule has 0 radical (unpaired) electrons. The molecule has 6 atom stereocenters. The third-order valence-corrected chi connectivity index (χ3v) is 8.43. The molecule has 3 saturated heterocycles. The number of rotatable bonds is 10. The number of nitrogens with two attached hydrogens (primary N) is 1. The van der Waals surface area contributed by atoms with Crippen molar-refractivity contribution in [1.29, 1.82) is 0 Å². The summed E-state index contributed by atoms with van der Waals surface area (Å²) in [7, 11) is 0. The summed E-state index contributed by atoms with van der Waals surface area (Å²) in [6.45, 7) is 1.85. The van der Waals surface area contributed by atoms with Crippen molar-refractivity contribution in [2.24, 2.45) is 23.5 Å². The normalized spacial score (nSPS) is 30.3. The van der Waals surface area contributed by atoms with Gasteiger partial charge in [0.2, 0.25) is 23.5 Å². The Labute approximate surface area is 220 Å². The van der Waals surface area contributed by atoms with Gasteiger partial charge in [0.25, 0.3) is 5.92 Å². The van der Waals surface area contributed by atoms with Crippen molar-refractivity contribution in [3.63, 3.8) is 0 Å². The molecule has 38 heavy (non-hydrogen) atoms. The van der Waals surface area contributed by atoms with Gasteiger partial charge in [-0.2, -0.15) is 4.39 Å². The highest BCUT2D eigenvalue weighted by Gasteiger charge is 2.61. The molecule has 0 aromatic carbocycles. The Balaban J connectivity index is 1.57. The number of alkyl halides is 2. The van der Waals surface area contributed by atoms with Crippen LogP contribution >= 0.6 is 0 Å². The van der Waals surface area contributed by atoms with Gasteiger partial charge in [0.1, 0.15) is 6.04 Å². The minimum absolute atomic E-state index is 0.0449. The maximum Gasteiger partial charge on any atom is 0.366 e. The van der Waals surface area contributed by atoms with Gasteiger partial charge < -0.3 is 26.0 Å². The third-order valence-electron chi connectivity index (χ3n) is 8.43. The van der Waals surface area contributed by atoms with E-state index in [0.717, 1.165) is 25.3 Å². The summed E-state index contributed by atoms with van der Waals surface area (Å²) in [6.07, 6.45) is 4.52. The standard InChI is InChI=1S/C26H37F3N4O5/c1-2-38-25(37)19(27)12-16(11-15-8-9-31-22(15)34)32-23(35)21-18-7-6-17(13-26(18,28)29)33(21)24(36)20(30)10-14-4-3-5-14/h12,14-18,20-21H,2-11,13,30H2,1H3,(H,31,34)(H,32,35)/b19-12-/t15-,16-,17-,18-,20+,21-/m0/s1. The molecule has 2 bridgehead atoms. The quantitative estimate of drug-likeness (QED) is 0.286. The first-order valence-electron chi connectivity index (χ1n) is 13.6. The van der Waals surface area contributed by atoms with Crippen molar-refractivity contribution >= 4 is 23.7 Å². The molecule has 3 amide bonds. The molecular formula is C26H37F3N4O5. The van der Waals surface area contributed by atoms with E-state index in [0.29, 0.717) is 31.7 Å². The minimum atomic E-state index is -3.16. The van der Waals surface area contributed by atoms with Crippen LogP contribution in [0.25, 0.3) is 0 Å². The number of carbonyl (C=O) groups is 4. The maximum absolute atomic E-state index is 15.0. The summed E-state index contributed by atoms with van der Waals surface area (Å²) in [5.41, 5.74) is 6.21. The highest BCUT2D eigenvalue weighted by Crippen LogP contribution is 2.49. The number of ether oxygens (including phenoxy) is 1. The van der Waals surface area contributed by atoms with E-state index in [1.165, 1.54) is 11.8 Å². The van der Waals surface area contributed by atoms with Gasteiger partial charge in [-0.05, 0) is 51.0 Å². The van der Waals surface area contributed by atoms with E-state index in [9.17, 15) is 23.6 Å². The Morgan fingerprint density at radius 1 is 1.21 bits per heavy atom. The summed E-state index contributed by atoms with van der Waals surface area (Å²) < 4.78 is 49.2. The van der Waals surface area contributed by atoms with Crippen molar-refractivity contribution in [3.05, 3.63) is 11.9 Å². The van der Waals surface area contributed by atoms with Crippen LogP contribution in [-0.4, -0.2) is 71.8 Å². The largest absolute Gasteiger partial charge is 0.461 e. The van der Waals surface area contributed by atoms with Gasteiger partial charge in [0, 0.05) is 24.9 Å². The van der Waals surface area contributed by atoms with Gasteiger partial charge in [-0.15, -0.1) is 0 Å². The molecule has 12 heteroatoms. The lowest BCUT2D eigenvalue weighted by Gasteiger charge is -2.54. The molecular weight excluding hydrogens is 505 g/mol. The second kappa shape index (κ2) is 11.6. The molecule has 5 aliphatic rings. The highest BCUT2D eigenvalue weighted by atomic mass is 19.3. The lowest BCUT2D eigenvalue weighted by molar-refractivity contribution is -0.195. The molecule has 2 aliphatic carbocycles. The van der Waals surface area contributed by atoms with Crippen LogP contribution < -0.4 is 16.4 Å². The number of hydrogen-bond donors (Lipinski definition) is 3. The van der Waals surface area contributed by atoms with Gasteiger partial charge >= 0.3 is 5.97 Å². The van der Waals surface area contributed by atoms with E-state index < -0.39 is 72.0 Å². The lowest BCUT2D eigenvalue weighted by Crippen LogP contribution is -2.70. The van der Waals surface area contributed by atoms with E-state index >= 15 is 8.78 Å². The zero-order valence-electron chi connectivity index (χ0n) is 21.6. The Bertz CT molecular complexity index is 973. The summed E-state index contributed by atoms with van der Waals surface area (Å²) in [6, 6.07) is -4.38. The average molecular weight is 543 g/mol. The molecule has 212 valence electrons. The van der Waals surface area contributed by atoms with Crippen LogP contribution in [0.4, 0.5) is 13.2 Å². The number of hydrogen-bond acceptors (Lipinski definition) is 6. The predicted molar refractivity (Wildman–Crippen MR) is 130 cm³/mol. The molecule has 2 saturated carbocycles. The monoisotopic (exact) mass is 542 g/mol. The van der Waals surface area contributed by atoms with Crippen LogP contribution in [-0.2, 0) is 23.9 Å². The molecule has 5 rings (SSSR count). The Hall–Kier alpha value is -2.63. The van der Waals surface area contributed by atoms with E-state index in [1.54, 1.807) is 0 Å². The summed E-state index contributed by atoms with van der Waals surface area (Å²) in [5, 5.41) is 5.22. The SMILES string of the molecule is CCOC(=O)/C(F)=C/[C@H](C[C@@H]1CCNC1=O)NC(=O)[C@@H]1[C@@H]2CC[C@@H](CC2(F)F)N1C(=O)[C@H](N)CC1CCC1. The lowest BCUT2D eigenvalue weighted by atomic mass is 9.71. The molecule has 0 spiro atoms. The third kappa shape index (κ3) is 6.00. The van der Waals surface area contributed by atoms with Crippen molar-refractivity contribution < 1.29 is 37.1 Å². The highest BCUT2D eigenvalue weighted by molar-refractivity contribution is 5.91. The predicted octanol–water partition coefficient (Wildman–Crippen LogP) is 1.95. The number of amides is 3. The van der Waals surface area contributed by atoms with Crippen molar-refractivity contribution in [1.82, 2.24) is 15.5 Å². The van der Waals surface area contributed by atoms with E-state index in [4.69, 9.17) is 5.73 Å². The van der Waals surface area contributed by atoms with Gasteiger partial charge in [0.05, 0.1) is 24.6 Å². The second-order valence-electron chi connectivity index (χ2n) is 11.0.